The Balaban J connectivity index is 1.64. The van der Waals surface area contributed by atoms with E-state index in [1.165, 1.54) is 6.33 Å². The lowest BCUT2D eigenvalue weighted by molar-refractivity contribution is -0.136. The van der Waals surface area contributed by atoms with Gasteiger partial charge >= 0.3 is 0 Å². The Bertz CT molecular complexity index is 978. The minimum Gasteiger partial charge on any atom is -0.497 e. The fraction of sp³-hybridized carbons (Fsp3) is 0.364. The van der Waals surface area contributed by atoms with Gasteiger partial charge in [-0.05, 0) is 41.0 Å². The Morgan fingerprint density at radius 2 is 2.00 bits per heavy atom. The van der Waals surface area contributed by atoms with Crippen LogP contribution in [0.15, 0.2) is 54.9 Å². The number of carbonyl (C=O) groups excluding carboxylic acids is 1. The summed E-state index contributed by atoms with van der Waals surface area (Å²) in [6, 6.07) is 15.1. The molecule has 2 atom stereocenters. The quantitative estimate of drug-likeness (QED) is 0.599. The number of ether oxygens (including phenoxy) is 2. The van der Waals surface area contributed by atoms with Crippen LogP contribution in [0.4, 0.5) is 0 Å². The minimum atomic E-state index is -0.507. The summed E-state index contributed by atoms with van der Waals surface area (Å²) < 4.78 is 12.5. The number of hydrogen-bond acceptors (Lipinski definition) is 6. The van der Waals surface area contributed by atoms with Crippen LogP contribution in [0.25, 0.3) is 0 Å². The predicted octanol–water partition coefficient (Wildman–Crippen LogP) is 2.84. The van der Waals surface area contributed by atoms with Crippen LogP contribution in [-0.2, 0) is 11.2 Å². The van der Waals surface area contributed by atoms with E-state index in [9.17, 15) is 4.79 Å². The Hall–Kier alpha value is -3.42. The molecule has 1 unspecified atom stereocenters. The second-order valence-electron chi connectivity index (χ2n) is 7.29. The zero-order valence-corrected chi connectivity index (χ0v) is 17.1. The number of tetrazole rings is 1. The monoisotopic (exact) mass is 407 g/mol. The molecule has 0 bridgehead atoms. The van der Waals surface area contributed by atoms with Crippen LogP contribution in [-0.4, -0.2) is 51.8 Å². The highest BCUT2D eigenvalue weighted by Gasteiger charge is 2.36. The molecule has 0 N–H and O–H groups in total. The van der Waals surface area contributed by atoms with Gasteiger partial charge in [0.2, 0.25) is 5.91 Å². The number of benzene rings is 2. The number of likely N-dealkylation sites (tertiary alicyclic amines) is 1. The lowest BCUT2D eigenvalue weighted by atomic mass is 10.0. The van der Waals surface area contributed by atoms with E-state index in [0.717, 1.165) is 35.5 Å². The molecule has 1 saturated heterocycles. The fourth-order valence-electron chi connectivity index (χ4n) is 4.08. The lowest BCUT2D eigenvalue weighted by Gasteiger charge is -2.30. The largest absolute Gasteiger partial charge is 0.497 e. The number of aromatic nitrogens is 4. The first kappa shape index (κ1) is 19.9. The third-order valence-corrected chi connectivity index (χ3v) is 5.58. The van der Waals surface area contributed by atoms with E-state index < -0.39 is 6.04 Å². The van der Waals surface area contributed by atoms with Gasteiger partial charge in [0, 0.05) is 24.6 Å². The molecule has 0 spiro atoms. The molecule has 3 aromatic rings. The summed E-state index contributed by atoms with van der Waals surface area (Å²) in [5, 5.41) is 11.5. The SMILES string of the molecule is COc1ccc(C2CCCN2C(=O)[C@H](Cc2ccccc2)n2cnnn2)c(OC)c1. The van der Waals surface area contributed by atoms with Crippen molar-refractivity contribution >= 4 is 5.91 Å². The van der Waals surface area contributed by atoms with Crippen molar-refractivity contribution < 1.29 is 14.3 Å². The maximum Gasteiger partial charge on any atom is 0.248 e. The molecule has 1 aromatic heterocycles. The first-order chi connectivity index (χ1) is 14.7. The number of rotatable bonds is 7. The van der Waals surface area contributed by atoms with Crippen LogP contribution in [0.3, 0.4) is 0 Å². The van der Waals surface area contributed by atoms with Crippen molar-refractivity contribution in [2.24, 2.45) is 0 Å². The third kappa shape index (κ3) is 3.98. The van der Waals surface area contributed by atoms with E-state index in [4.69, 9.17) is 9.47 Å². The van der Waals surface area contributed by atoms with Crippen LogP contribution < -0.4 is 9.47 Å². The zero-order valence-electron chi connectivity index (χ0n) is 17.1. The highest BCUT2D eigenvalue weighted by molar-refractivity contribution is 5.81. The fourth-order valence-corrected chi connectivity index (χ4v) is 4.08. The Morgan fingerprint density at radius 3 is 2.70 bits per heavy atom. The number of amides is 1. The first-order valence-electron chi connectivity index (χ1n) is 10.00. The van der Waals surface area contributed by atoms with Gasteiger partial charge in [0.05, 0.1) is 20.3 Å². The average molecular weight is 407 g/mol. The molecule has 1 aliphatic rings. The number of methoxy groups -OCH3 is 2. The lowest BCUT2D eigenvalue weighted by Crippen LogP contribution is -2.38. The molecular weight excluding hydrogens is 382 g/mol. The van der Waals surface area contributed by atoms with Crippen LogP contribution in [0.2, 0.25) is 0 Å². The van der Waals surface area contributed by atoms with Gasteiger partial charge in [0.15, 0.2) is 0 Å². The maximum absolute atomic E-state index is 13.7. The summed E-state index contributed by atoms with van der Waals surface area (Å²) in [5.41, 5.74) is 2.04. The minimum absolute atomic E-state index is 0.00604. The van der Waals surface area contributed by atoms with E-state index in [1.807, 2.05) is 53.4 Å². The molecule has 2 aromatic carbocycles. The summed E-state index contributed by atoms with van der Waals surface area (Å²) >= 11 is 0. The van der Waals surface area contributed by atoms with Gasteiger partial charge in [-0.1, -0.05) is 30.3 Å². The van der Waals surface area contributed by atoms with Gasteiger partial charge in [0.1, 0.15) is 23.9 Å². The predicted molar refractivity (Wildman–Crippen MR) is 110 cm³/mol. The molecule has 0 saturated carbocycles. The third-order valence-electron chi connectivity index (χ3n) is 5.58. The summed E-state index contributed by atoms with van der Waals surface area (Å²) in [7, 11) is 3.26. The highest BCUT2D eigenvalue weighted by Crippen LogP contribution is 2.39. The van der Waals surface area contributed by atoms with Crippen molar-refractivity contribution in [2.75, 3.05) is 20.8 Å². The van der Waals surface area contributed by atoms with Gasteiger partial charge in [-0.25, -0.2) is 4.68 Å². The van der Waals surface area contributed by atoms with Gasteiger partial charge in [0.25, 0.3) is 0 Å². The molecule has 8 heteroatoms. The molecule has 8 nitrogen and oxygen atoms in total. The topological polar surface area (TPSA) is 82.4 Å². The maximum atomic E-state index is 13.7. The van der Waals surface area contributed by atoms with Gasteiger partial charge in [-0.2, -0.15) is 0 Å². The van der Waals surface area contributed by atoms with Crippen molar-refractivity contribution in [3.8, 4) is 11.5 Å². The van der Waals surface area contributed by atoms with Crippen molar-refractivity contribution in [1.82, 2.24) is 25.1 Å². The summed E-state index contributed by atoms with van der Waals surface area (Å²) in [6.45, 7) is 0.687. The standard InChI is InChI=1S/C22H25N5O3/c1-29-17-10-11-18(21(14-17)30-2)19-9-6-12-26(19)22(28)20(27-15-23-24-25-27)13-16-7-4-3-5-8-16/h3-5,7-8,10-11,14-15,19-20H,6,9,12-13H2,1-2H3/t19?,20-/m0/s1. The summed E-state index contributed by atoms with van der Waals surface area (Å²) in [6.07, 6.45) is 3.83. The summed E-state index contributed by atoms with van der Waals surface area (Å²) in [5.74, 6) is 1.45. The number of hydrogen-bond donors (Lipinski definition) is 0. The van der Waals surface area contributed by atoms with Crippen LogP contribution in [0.1, 0.15) is 36.1 Å². The van der Waals surface area contributed by atoms with Gasteiger partial charge < -0.3 is 14.4 Å². The first-order valence-corrected chi connectivity index (χ1v) is 10.00. The second kappa shape index (κ2) is 8.94. The zero-order chi connectivity index (χ0) is 20.9. The molecular formula is C22H25N5O3. The normalized spacial score (nSPS) is 17.0. The molecule has 0 aliphatic carbocycles. The van der Waals surface area contributed by atoms with Crippen molar-refractivity contribution in [2.45, 2.75) is 31.3 Å². The van der Waals surface area contributed by atoms with Crippen LogP contribution in [0, 0.1) is 0 Å². The van der Waals surface area contributed by atoms with Gasteiger partial charge in [-0.15, -0.1) is 5.10 Å². The molecule has 2 heterocycles. The molecule has 1 aliphatic heterocycles. The van der Waals surface area contributed by atoms with Crippen molar-refractivity contribution in [3.05, 3.63) is 66.0 Å². The number of carbonyl (C=O) groups is 1. The molecule has 156 valence electrons. The van der Waals surface area contributed by atoms with Crippen LogP contribution >= 0.6 is 0 Å². The smallest absolute Gasteiger partial charge is 0.248 e. The number of nitrogens with zero attached hydrogens (tertiary/aromatic N) is 5. The van der Waals surface area contributed by atoms with Gasteiger partial charge in [-0.3, -0.25) is 4.79 Å². The van der Waals surface area contributed by atoms with E-state index in [-0.39, 0.29) is 11.9 Å². The van der Waals surface area contributed by atoms with E-state index in [0.29, 0.717) is 13.0 Å². The van der Waals surface area contributed by atoms with E-state index >= 15 is 0 Å². The Morgan fingerprint density at radius 1 is 1.17 bits per heavy atom. The molecule has 1 amide bonds. The summed E-state index contributed by atoms with van der Waals surface area (Å²) in [4.78, 5) is 15.6. The van der Waals surface area contributed by atoms with Crippen LogP contribution in [0.5, 0.6) is 11.5 Å². The Labute approximate surface area is 175 Å². The molecule has 0 radical (unpaired) electrons. The molecule has 1 fully saturated rings. The molecule has 30 heavy (non-hydrogen) atoms. The highest BCUT2D eigenvalue weighted by atomic mass is 16.5. The second-order valence-corrected chi connectivity index (χ2v) is 7.29. The average Bonchev–Trinajstić information content (AvgIpc) is 3.49. The van der Waals surface area contributed by atoms with Crippen molar-refractivity contribution in [3.63, 3.8) is 0 Å². The Kier molecular flexibility index (Phi) is 5.92. The molecule has 4 rings (SSSR count). The van der Waals surface area contributed by atoms with E-state index in [2.05, 4.69) is 15.5 Å². The van der Waals surface area contributed by atoms with Crippen molar-refractivity contribution in [1.29, 1.82) is 0 Å². The van der Waals surface area contributed by atoms with E-state index in [1.54, 1.807) is 18.9 Å².